The van der Waals surface area contributed by atoms with Crippen LogP contribution in [0.3, 0.4) is 0 Å². The zero-order chi connectivity index (χ0) is 15.8. The minimum absolute atomic E-state index is 0.0254. The molecule has 0 radical (unpaired) electrons. The number of ketones is 1. The summed E-state index contributed by atoms with van der Waals surface area (Å²) in [5.41, 5.74) is 4.66. The summed E-state index contributed by atoms with van der Waals surface area (Å²) in [6.45, 7) is 4.02. The van der Waals surface area contributed by atoms with Gasteiger partial charge < -0.3 is 9.88 Å². The van der Waals surface area contributed by atoms with Crippen LogP contribution in [0, 0.1) is 0 Å². The number of aromatic nitrogens is 1. The molecule has 3 nitrogen and oxygen atoms in total. The van der Waals surface area contributed by atoms with Gasteiger partial charge in [0.05, 0.1) is 6.54 Å². The molecule has 0 bridgehead atoms. The van der Waals surface area contributed by atoms with E-state index in [2.05, 4.69) is 36.2 Å². The fourth-order valence-electron chi connectivity index (χ4n) is 3.67. The summed E-state index contributed by atoms with van der Waals surface area (Å²) in [7, 11) is 0. The Morgan fingerprint density at radius 3 is 2.70 bits per heavy atom. The van der Waals surface area contributed by atoms with E-state index in [9.17, 15) is 4.79 Å². The number of H-pyrrole nitrogens is 1. The molecule has 116 valence electrons. The van der Waals surface area contributed by atoms with Crippen molar-refractivity contribution >= 4 is 16.7 Å². The number of rotatable bonds is 3. The molecule has 1 unspecified atom stereocenters. The molecule has 0 saturated heterocycles. The van der Waals surface area contributed by atoms with Crippen LogP contribution in [0.1, 0.15) is 28.4 Å². The molecule has 0 amide bonds. The number of fused-ring (bicyclic) bond motifs is 2. The van der Waals surface area contributed by atoms with Gasteiger partial charge in [-0.1, -0.05) is 42.5 Å². The highest BCUT2D eigenvalue weighted by Crippen LogP contribution is 2.19. The largest absolute Gasteiger partial charge is 0.360 e. The monoisotopic (exact) mass is 305 g/mol. The minimum atomic E-state index is -0.0254. The molecule has 0 saturated carbocycles. The maximum absolute atomic E-state index is 13.0. The molecule has 23 heavy (non-hydrogen) atoms. The first-order chi connectivity index (χ1) is 11.2. The predicted octanol–water partition coefficient (Wildman–Crippen LogP) is 2.38. The number of para-hydroxylation sites is 1. The van der Waals surface area contributed by atoms with E-state index in [1.165, 1.54) is 16.0 Å². The van der Waals surface area contributed by atoms with Gasteiger partial charge in [-0.15, -0.1) is 0 Å². The van der Waals surface area contributed by atoms with Crippen molar-refractivity contribution in [1.82, 2.24) is 4.98 Å². The smallest absolute Gasteiger partial charge is 0.221 e. The molecule has 2 atom stereocenters. The Morgan fingerprint density at radius 2 is 1.83 bits per heavy atom. The van der Waals surface area contributed by atoms with Crippen molar-refractivity contribution in [3.8, 4) is 0 Å². The number of hydrogen-bond donors (Lipinski definition) is 2. The van der Waals surface area contributed by atoms with Gasteiger partial charge in [-0.05, 0) is 18.6 Å². The van der Waals surface area contributed by atoms with Crippen LogP contribution in [-0.2, 0) is 13.0 Å². The summed E-state index contributed by atoms with van der Waals surface area (Å²) < 4.78 is 0. The normalized spacial score (nSPS) is 18.6. The van der Waals surface area contributed by atoms with Crippen molar-refractivity contribution in [3.63, 3.8) is 0 Å². The van der Waals surface area contributed by atoms with E-state index in [1.807, 2.05) is 30.5 Å². The summed E-state index contributed by atoms with van der Waals surface area (Å²) in [5.74, 6) is 0.233. The maximum atomic E-state index is 13.0. The average Bonchev–Trinajstić information content (AvgIpc) is 3.04. The second kappa shape index (κ2) is 5.67. The van der Waals surface area contributed by atoms with Crippen LogP contribution in [0.25, 0.3) is 10.9 Å². The Balaban J connectivity index is 1.60. The first-order valence-corrected chi connectivity index (χ1v) is 8.26. The lowest BCUT2D eigenvalue weighted by molar-refractivity contribution is -0.929. The highest BCUT2D eigenvalue weighted by Gasteiger charge is 2.30. The molecule has 1 aromatic heterocycles. The number of carbonyl (C=O) groups is 1. The van der Waals surface area contributed by atoms with E-state index in [1.54, 1.807) is 0 Å². The standard InChI is InChI=1S/C20H20N2O/c1-14(22-11-10-15-6-2-3-7-16(15)13-22)20(23)18-12-21-19-9-5-4-8-17(18)19/h2-9,12,14,21H,10-11,13H2,1H3/p+1/t14-/m0/s1. The van der Waals surface area contributed by atoms with Crippen LogP contribution in [0.5, 0.6) is 0 Å². The number of aromatic amines is 1. The predicted molar refractivity (Wildman–Crippen MR) is 91.8 cm³/mol. The fraction of sp³-hybridized carbons (Fsp3) is 0.250. The number of benzene rings is 2. The third-order valence-electron chi connectivity index (χ3n) is 5.11. The quantitative estimate of drug-likeness (QED) is 0.716. The Hall–Kier alpha value is -2.39. The summed E-state index contributed by atoms with van der Waals surface area (Å²) in [5, 5.41) is 1.03. The lowest BCUT2D eigenvalue weighted by Gasteiger charge is -2.29. The van der Waals surface area contributed by atoms with Gasteiger partial charge in [-0.2, -0.15) is 0 Å². The van der Waals surface area contributed by atoms with Crippen LogP contribution in [0.4, 0.5) is 0 Å². The van der Waals surface area contributed by atoms with Gasteiger partial charge in [-0.25, -0.2) is 0 Å². The fourth-order valence-corrected chi connectivity index (χ4v) is 3.67. The number of nitrogens with one attached hydrogen (secondary N) is 2. The highest BCUT2D eigenvalue weighted by molar-refractivity contribution is 6.09. The summed E-state index contributed by atoms with van der Waals surface area (Å²) in [6, 6.07) is 16.6. The van der Waals surface area contributed by atoms with Gasteiger partial charge in [0, 0.05) is 34.6 Å². The summed E-state index contributed by atoms with van der Waals surface area (Å²) in [4.78, 5) is 17.6. The lowest BCUT2D eigenvalue weighted by Crippen LogP contribution is -3.16. The van der Waals surface area contributed by atoms with Gasteiger partial charge in [-0.3, -0.25) is 4.79 Å². The Kier molecular flexibility index (Phi) is 3.50. The second-order valence-corrected chi connectivity index (χ2v) is 6.44. The molecule has 3 aromatic rings. The average molecular weight is 305 g/mol. The van der Waals surface area contributed by atoms with E-state index in [0.29, 0.717) is 0 Å². The molecule has 4 rings (SSSR count). The minimum Gasteiger partial charge on any atom is -0.360 e. The van der Waals surface area contributed by atoms with Crippen LogP contribution >= 0.6 is 0 Å². The lowest BCUT2D eigenvalue weighted by atomic mass is 9.96. The number of carbonyl (C=O) groups excluding carboxylic acids is 1. The molecule has 0 fully saturated rings. The molecule has 1 aliphatic heterocycles. The molecule has 1 aliphatic rings. The van der Waals surface area contributed by atoms with Crippen molar-refractivity contribution in [2.45, 2.75) is 25.9 Å². The topological polar surface area (TPSA) is 37.3 Å². The number of hydrogen-bond acceptors (Lipinski definition) is 1. The van der Waals surface area contributed by atoms with Crippen LogP contribution in [0.15, 0.2) is 54.7 Å². The zero-order valence-electron chi connectivity index (χ0n) is 13.3. The Labute approximate surface area is 135 Å². The highest BCUT2D eigenvalue weighted by atomic mass is 16.1. The van der Waals surface area contributed by atoms with Crippen LogP contribution in [-0.4, -0.2) is 23.4 Å². The summed E-state index contributed by atoms with van der Waals surface area (Å²) >= 11 is 0. The molecule has 0 aliphatic carbocycles. The molecule has 0 spiro atoms. The number of quaternary nitrogens is 1. The molecular formula is C20H21N2O+. The third-order valence-corrected chi connectivity index (χ3v) is 5.11. The van der Waals surface area contributed by atoms with E-state index >= 15 is 0 Å². The van der Waals surface area contributed by atoms with Gasteiger partial charge >= 0.3 is 0 Å². The molecule has 3 heteroatoms. The van der Waals surface area contributed by atoms with Crippen molar-refractivity contribution < 1.29 is 9.69 Å². The van der Waals surface area contributed by atoms with Gasteiger partial charge in [0.2, 0.25) is 5.78 Å². The van der Waals surface area contributed by atoms with Crippen molar-refractivity contribution in [2.24, 2.45) is 0 Å². The molecule has 2 N–H and O–H groups in total. The van der Waals surface area contributed by atoms with E-state index in [-0.39, 0.29) is 11.8 Å². The zero-order valence-corrected chi connectivity index (χ0v) is 13.3. The maximum Gasteiger partial charge on any atom is 0.221 e. The van der Waals surface area contributed by atoms with Gasteiger partial charge in [0.15, 0.2) is 0 Å². The van der Waals surface area contributed by atoms with E-state index in [0.717, 1.165) is 36.0 Å². The van der Waals surface area contributed by atoms with Crippen molar-refractivity contribution in [3.05, 3.63) is 71.4 Å². The van der Waals surface area contributed by atoms with E-state index < -0.39 is 0 Å². The van der Waals surface area contributed by atoms with Crippen molar-refractivity contribution in [2.75, 3.05) is 6.54 Å². The van der Waals surface area contributed by atoms with Crippen LogP contribution < -0.4 is 4.90 Å². The SMILES string of the molecule is C[C@@H](C(=O)c1c[nH]c2ccccc12)[NH+]1CCc2ccccc2C1. The van der Waals surface area contributed by atoms with Gasteiger partial charge in [0.1, 0.15) is 12.6 Å². The van der Waals surface area contributed by atoms with Crippen LogP contribution in [0.2, 0.25) is 0 Å². The first-order valence-electron chi connectivity index (χ1n) is 8.26. The first kappa shape index (κ1) is 14.2. The van der Waals surface area contributed by atoms with E-state index in [4.69, 9.17) is 0 Å². The Bertz CT molecular complexity index is 865. The third kappa shape index (κ3) is 2.47. The van der Waals surface area contributed by atoms with Crippen molar-refractivity contribution in [1.29, 1.82) is 0 Å². The molecule has 2 aromatic carbocycles. The van der Waals surface area contributed by atoms with Gasteiger partial charge in [0.25, 0.3) is 0 Å². The molecule has 2 heterocycles. The summed E-state index contributed by atoms with van der Waals surface area (Å²) in [6.07, 6.45) is 2.91. The second-order valence-electron chi connectivity index (χ2n) is 6.44. The molecular weight excluding hydrogens is 284 g/mol. The number of Topliss-reactive ketones (excluding diaryl/α,β-unsaturated/α-hetero) is 1. The Morgan fingerprint density at radius 1 is 1.09 bits per heavy atom.